The minimum absolute atomic E-state index is 0.166. The van der Waals surface area contributed by atoms with E-state index in [-0.39, 0.29) is 12.3 Å². The number of methoxy groups -OCH3 is 1. The first-order chi connectivity index (χ1) is 9.60. The van der Waals surface area contributed by atoms with Crippen LogP contribution >= 0.6 is 11.6 Å². The molecule has 20 heavy (non-hydrogen) atoms. The quantitative estimate of drug-likeness (QED) is 0.850. The zero-order valence-electron chi connectivity index (χ0n) is 11.0. The van der Waals surface area contributed by atoms with Crippen molar-refractivity contribution in [2.45, 2.75) is 6.42 Å². The zero-order chi connectivity index (χ0) is 14.5. The van der Waals surface area contributed by atoms with Crippen molar-refractivity contribution in [2.24, 2.45) is 0 Å². The molecule has 5 heteroatoms. The number of rotatable bonds is 4. The summed E-state index contributed by atoms with van der Waals surface area (Å²) in [6, 6.07) is 12.3. The molecule has 2 aromatic carbocycles. The predicted molar refractivity (Wildman–Crippen MR) is 81.2 cm³/mol. The average molecular weight is 291 g/mol. The Labute approximate surface area is 122 Å². The fourth-order valence-electron chi connectivity index (χ4n) is 1.82. The van der Waals surface area contributed by atoms with Crippen molar-refractivity contribution in [3.05, 3.63) is 53.1 Å². The van der Waals surface area contributed by atoms with Gasteiger partial charge in [-0.3, -0.25) is 4.79 Å². The highest BCUT2D eigenvalue weighted by molar-refractivity contribution is 6.31. The molecule has 0 saturated heterocycles. The van der Waals surface area contributed by atoms with E-state index in [1.165, 1.54) is 7.11 Å². The van der Waals surface area contributed by atoms with Crippen LogP contribution < -0.4 is 15.8 Å². The number of nitrogens with one attached hydrogen (secondary N) is 1. The molecule has 0 fully saturated rings. The van der Waals surface area contributed by atoms with E-state index >= 15 is 0 Å². The monoisotopic (exact) mass is 290 g/mol. The van der Waals surface area contributed by atoms with Crippen LogP contribution in [0.1, 0.15) is 5.56 Å². The molecule has 104 valence electrons. The van der Waals surface area contributed by atoms with Gasteiger partial charge in [0.05, 0.1) is 19.2 Å². The van der Waals surface area contributed by atoms with Gasteiger partial charge in [-0.1, -0.05) is 29.8 Å². The van der Waals surface area contributed by atoms with Crippen molar-refractivity contribution in [3.8, 4) is 5.75 Å². The Morgan fingerprint density at radius 3 is 2.75 bits per heavy atom. The van der Waals surface area contributed by atoms with Crippen molar-refractivity contribution in [2.75, 3.05) is 18.2 Å². The van der Waals surface area contributed by atoms with Crippen LogP contribution in [-0.4, -0.2) is 13.0 Å². The van der Waals surface area contributed by atoms with Crippen LogP contribution in [0, 0.1) is 0 Å². The molecule has 0 bridgehead atoms. The van der Waals surface area contributed by atoms with Crippen molar-refractivity contribution < 1.29 is 9.53 Å². The Balaban J connectivity index is 2.11. The lowest BCUT2D eigenvalue weighted by Gasteiger charge is -2.11. The number of nitrogen functional groups attached to an aromatic ring is 1. The molecule has 2 rings (SSSR count). The fourth-order valence-corrected chi connectivity index (χ4v) is 2.02. The summed E-state index contributed by atoms with van der Waals surface area (Å²) in [6.45, 7) is 0. The van der Waals surface area contributed by atoms with Gasteiger partial charge in [0.2, 0.25) is 5.91 Å². The molecule has 0 saturated carbocycles. The second-order valence-corrected chi connectivity index (χ2v) is 4.68. The molecule has 0 atom stereocenters. The third-order valence-corrected chi connectivity index (χ3v) is 3.18. The van der Waals surface area contributed by atoms with E-state index in [0.717, 1.165) is 5.56 Å². The maximum Gasteiger partial charge on any atom is 0.228 e. The lowest BCUT2D eigenvalue weighted by Crippen LogP contribution is -2.15. The van der Waals surface area contributed by atoms with Gasteiger partial charge >= 0.3 is 0 Å². The van der Waals surface area contributed by atoms with Gasteiger partial charge in [-0.2, -0.15) is 0 Å². The average Bonchev–Trinajstić information content (AvgIpc) is 2.43. The standard InChI is InChI=1S/C15H15ClN2O2/c1-20-14-9-11(17)6-7-13(14)18-15(19)8-10-4-2-3-5-12(10)16/h2-7,9H,8,17H2,1H3,(H,18,19). The normalized spacial score (nSPS) is 10.1. The summed E-state index contributed by atoms with van der Waals surface area (Å²) in [5, 5.41) is 3.36. The maximum atomic E-state index is 12.0. The highest BCUT2D eigenvalue weighted by Crippen LogP contribution is 2.27. The minimum atomic E-state index is -0.166. The minimum Gasteiger partial charge on any atom is -0.494 e. The number of carbonyl (C=O) groups is 1. The third-order valence-electron chi connectivity index (χ3n) is 2.81. The predicted octanol–water partition coefficient (Wildman–Crippen LogP) is 3.11. The molecule has 0 aliphatic rings. The Kier molecular flexibility index (Phi) is 4.48. The van der Waals surface area contributed by atoms with Gasteiger partial charge in [-0.15, -0.1) is 0 Å². The van der Waals surface area contributed by atoms with E-state index in [2.05, 4.69) is 5.32 Å². The molecule has 0 heterocycles. The van der Waals surface area contributed by atoms with Crippen LogP contribution in [0.5, 0.6) is 5.75 Å². The van der Waals surface area contributed by atoms with Crippen LogP contribution in [0.2, 0.25) is 5.02 Å². The van der Waals surface area contributed by atoms with Gasteiger partial charge < -0.3 is 15.8 Å². The number of hydrogen-bond donors (Lipinski definition) is 2. The summed E-state index contributed by atoms with van der Waals surface area (Å²) in [6.07, 6.45) is 0.202. The van der Waals surface area contributed by atoms with E-state index < -0.39 is 0 Å². The fraction of sp³-hybridized carbons (Fsp3) is 0.133. The summed E-state index contributed by atoms with van der Waals surface area (Å²) in [7, 11) is 1.53. The number of anilines is 2. The summed E-state index contributed by atoms with van der Waals surface area (Å²) in [4.78, 5) is 12.0. The lowest BCUT2D eigenvalue weighted by atomic mass is 10.1. The number of benzene rings is 2. The first-order valence-corrected chi connectivity index (χ1v) is 6.44. The number of amides is 1. The molecule has 3 N–H and O–H groups in total. The van der Waals surface area contributed by atoms with Gasteiger partial charge in [0, 0.05) is 16.8 Å². The smallest absolute Gasteiger partial charge is 0.228 e. The molecular formula is C15H15ClN2O2. The summed E-state index contributed by atoms with van der Waals surface area (Å²) < 4.78 is 5.18. The first kappa shape index (κ1) is 14.2. The van der Waals surface area contributed by atoms with Crippen molar-refractivity contribution in [3.63, 3.8) is 0 Å². The van der Waals surface area contributed by atoms with Crippen LogP contribution in [-0.2, 0) is 11.2 Å². The van der Waals surface area contributed by atoms with Gasteiger partial charge in [0.25, 0.3) is 0 Å². The van der Waals surface area contributed by atoms with Crippen LogP contribution in [0.3, 0.4) is 0 Å². The molecule has 0 aromatic heterocycles. The number of ether oxygens (including phenoxy) is 1. The van der Waals surface area contributed by atoms with E-state index in [9.17, 15) is 4.79 Å². The molecule has 0 aliphatic heterocycles. The van der Waals surface area contributed by atoms with Crippen molar-refractivity contribution >= 4 is 28.9 Å². The largest absolute Gasteiger partial charge is 0.494 e. The lowest BCUT2D eigenvalue weighted by molar-refractivity contribution is -0.115. The van der Waals surface area contributed by atoms with E-state index in [1.54, 1.807) is 24.3 Å². The second kappa shape index (κ2) is 6.30. The molecule has 0 spiro atoms. The molecule has 2 aromatic rings. The summed E-state index contributed by atoms with van der Waals surface area (Å²) >= 11 is 6.03. The van der Waals surface area contributed by atoms with E-state index in [1.807, 2.05) is 18.2 Å². The molecule has 4 nitrogen and oxygen atoms in total. The van der Waals surface area contributed by atoms with Gasteiger partial charge in [-0.25, -0.2) is 0 Å². The Morgan fingerprint density at radius 2 is 2.05 bits per heavy atom. The number of halogens is 1. The van der Waals surface area contributed by atoms with Gasteiger partial charge in [0.1, 0.15) is 5.75 Å². The Bertz CT molecular complexity index is 629. The Morgan fingerprint density at radius 1 is 1.30 bits per heavy atom. The van der Waals surface area contributed by atoms with E-state index in [4.69, 9.17) is 22.1 Å². The van der Waals surface area contributed by atoms with E-state index in [0.29, 0.717) is 22.1 Å². The molecule has 0 unspecified atom stereocenters. The molecule has 0 radical (unpaired) electrons. The van der Waals surface area contributed by atoms with Gasteiger partial charge in [0.15, 0.2) is 0 Å². The zero-order valence-corrected chi connectivity index (χ0v) is 11.8. The first-order valence-electron chi connectivity index (χ1n) is 6.07. The van der Waals surface area contributed by atoms with Crippen LogP contribution in [0.25, 0.3) is 0 Å². The van der Waals surface area contributed by atoms with Crippen LogP contribution in [0.15, 0.2) is 42.5 Å². The van der Waals surface area contributed by atoms with Crippen LogP contribution in [0.4, 0.5) is 11.4 Å². The SMILES string of the molecule is COc1cc(N)ccc1NC(=O)Cc1ccccc1Cl. The number of carbonyl (C=O) groups excluding carboxylic acids is 1. The highest BCUT2D eigenvalue weighted by Gasteiger charge is 2.10. The molecular weight excluding hydrogens is 276 g/mol. The second-order valence-electron chi connectivity index (χ2n) is 4.28. The third kappa shape index (κ3) is 3.42. The number of hydrogen-bond acceptors (Lipinski definition) is 3. The molecule has 1 amide bonds. The maximum absolute atomic E-state index is 12.0. The number of nitrogens with two attached hydrogens (primary N) is 1. The van der Waals surface area contributed by atoms with Crippen molar-refractivity contribution in [1.29, 1.82) is 0 Å². The highest BCUT2D eigenvalue weighted by atomic mass is 35.5. The molecule has 0 aliphatic carbocycles. The Hall–Kier alpha value is -2.20. The van der Waals surface area contributed by atoms with Crippen molar-refractivity contribution in [1.82, 2.24) is 0 Å². The summed E-state index contributed by atoms with van der Waals surface area (Å²) in [5.74, 6) is 0.360. The van der Waals surface area contributed by atoms with Gasteiger partial charge in [-0.05, 0) is 23.8 Å². The summed E-state index contributed by atoms with van der Waals surface area (Å²) in [5.41, 5.74) is 7.60. The topological polar surface area (TPSA) is 64.3 Å².